The quantitative estimate of drug-likeness (QED) is 0.404. The van der Waals surface area contributed by atoms with Gasteiger partial charge in [0.05, 0.1) is 11.6 Å². The van der Waals surface area contributed by atoms with Crippen LogP contribution < -0.4 is 10.5 Å². The number of rotatable bonds is 5. The summed E-state index contributed by atoms with van der Waals surface area (Å²) < 4.78 is 29.3. The van der Waals surface area contributed by atoms with Gasteiger partial charge in [-0.15, -0.1) is 24.0 Å². The lowest BCUT2D eigenvalue weighted by Gasteiger charge is -2.17. The highest BCUT2D eigenvalue weighted by Gasteiger charge is 2.27. The molecule has 0 radical (unpaired) electrons. The minimum absolute atomic E-state index is 0. The van der Waals surface area contributed by atoms with E-state index < -0.39 is 6.61 Å². The average Bonchev–Trinajstić information content (AvgIpc) is 3.22. The Hall–Kier alpha value is -0.540. The van der Waals surface area contributed by atoms with E-state index in [1.807, 2.05) is 11.9 Å². The molecule has 1 aliphatic carbocycles. The largest absolute Gasteiger partial charge is 0.433 e. The molecule has 0 amide bonds. The number of nitrogens with zero attached hydrogens (tertiary/aromatic N) is 2. The smallest absolute Gasteiger partial charge is 0.387 e. The summed E-state index contributed by atoms with van der Waals surface area (Å²) in [4.78, 5) is 6.04. The van der Waals surface area contributed by atoms with Crippen LogP contribution in [-0.2, 0) is 6.54 Å². The van der Waals surface area contributed by atoms with Gasteiger partial charge in [-0.05, 0) is 25.0 Å². The molecule has 1 saturated carbocycles. The van der Waals surface area contributed by atoms with Crippen LogP contribution in [-0.4, -0.2) is 30.6 Å². The van der Waals surface area contributed by atoms with Crippen molar-refractivity contribution in [1.29, 1.82) is 0 Å². The van der Waals surface area contributed by atoms with Gasteiger partial charge in [0.15, 0.2) is 5.96 Å². The normalized spacial score (nSPS) is 14.7. The fraction of sp³-hybridized carbons (Fsp3) is 0.462. The molecule has 0 atom stereocenters. The van der Waals surface area contributed by atoms with Crippen molar-refractivity contribution in [3.8, 4) is 5.75 Å². The van der Waals surface area contributed by atoms with E-state index in [9.17, 15) is 8.78 Å². The summed E-state index contributed by atoms with van der Waals surface area (Å²) in [5, 5.41) is 0.336. The Balaban J connectivity index is 0.00000242. The van der Waals surface area contributed by atoms with E-state index in [4.69, 9.17) is 28.9 Å². The van der Waals surface area contributed by atoms with Gasteiger partial charge in [-0.3, -0.25) is 0 Å². The summed E-state index contributed by atoms with van der Waals surface area (Å²) in [5.41, 5.74) is 6.22. The number of halogens is 5. The zero-order chi connectivity index (χ0) is 15.6. The van der Waals surface area contributed by atoms with Gasteiger partial charge in [0.2, 0.25) is 0 Å². The molecule has 0 saturated heterocycles. The van der Waals surface area contributed by atoms with Crippen molar-refractivity contribution in [2.45, 2.75) is 32.0 Å². The second kappa shape index (κ2) is 8.35. The summed E-state index contributed by atoms with van der Waals surface area (Å²) in [6.45, 7) is -2.91. The molecule has 2 N–H and O–H groups in total. The number of guanidine groups is 1. The van der Waals surface area contributed by atoms with E-state index >= 15 is 0 Å². The topological polar surface area (TPSA) is 50.8 Å². The Kier molecular flexibility index (Phi) is 7.40. The minimum Gasteiger partial charge on any atom is -0.433 e. The van der Waals surface area contributed by atoms with Gasteiger partial charge in [-0.2, -0.15) is 8.78 Å². The molecule has 1 fully saturated rings. The third-order valence-corrected chi connectivity index (χ3v) is 3.66. The molecule has 0 heterocycles. The van der Waals surface area contributed by atoms with E-state index in [1.54, 1.807) is 0 Å². The summed E-state index contributed by atoms with van der Waals surface area (Å²) in [7, 11) is 1.85. The van der Waals surface area contributed by atoms with Crippen LogP contribution in [0.25, 0.3) is 0 Å². The lowest BCUT2D eigenvalue weighted by molar-refractivity contribution is -0.0503. The van der Waals surface area contributed by atoms with Crippen molar-refractivity contribution in [3.05, 3.63) is 27.7 Å². The molecule has 0 bridgehead atoms. The van der Waals surface area contributed by atoms with E-state index in [2.05, 4.69) is 9.73 Å². The van der Waals surface area contributed by atoms with Crippen molar-refractivity contribution in [2.75, 3.05) is 7.05 Å². The van der Waals surface area contributed by atoms with E-state index in [1.165, 1.54) is 12.1 Å². The molecule has 9 heteroatoms. The molecule has 1 aromatic carbocycles. The number of alkyl halides is 2. The second-order valence-electron chi connectivity index (χ2n) is 4.77. The molecule has 0 aromatic heterocycles. The number of ether oxygens (including phenoxy) is 1. The number of benzene rings is 1. The van der Waals surface area contributed by atoms with Gasteiger partial charge in [0.1, 0.15) is 5.75 Å². The molecule has 1 aromatic rings. The number of nitrogens with two attached hydrogens (primary N) is 1. The van der Waals surface area contributed by atoms with Crippen molar-refractivity contribution >= 4 is 53.1 Å². The Bertz CT molecular complexity index is 556. The lowest BCUT2D eigenvalue weighted by Crippen LogP contribution is -2.35. The number of hydrogen-bond donors (Lipinski definition) is 1. The number of aliphatic imine (C=N–C) groups is 1. The fourth-order valence-electron chi connectivity index (χ4n) is 1.88. The zero-order valence-corrected chi connectivity index (χ0v) is 15.6. The van der Waals surface area contributed by atoms with Crippen LogP contribution in [0.15, 0.2) is 17.1 Å². The summed E-state index contributed by atoms with van der Waals surface area (Å²) in [6.07, 6.45) is 2.16. The molecular weight excluding hydrogens is 450 g/mol. The van der Waals surface area contributed by atoms with Gasteiger partial charge in [0.25, 0.3) is 0 Å². The van der Waals surface area contributed by atoms with Crippen molar-refractivity contribution in [1.82, 2.24) is 4.90 Å². The van der Waals surface area contributed by atoms with Gasteiger partial charge < -0.3 is 15.4 Å². The van der Waals surface area contributed by atoms with Gasteiger partial charge in [0, 0.05) is 23.7 Å². The summed E-state index contributed by atoms with van der Waals surface area (Å²) in [5.74, 6) is 0.221. The molecule has 0 spiro atoms. The van der Waals surface area contributed by atoms with E-state index in [0.717, 1.165) is 12.8 Å². The first kappa shape index (κ1) is 19.5. The molecule has 2 rings (SSSR count). The molecule has 22 heavy (non-hydrogen) atoms. The van der Waals surface area contributed by atoms with Gasteiger partial charge in [-0.1, -0.05) is 23.2 Å². The predicted octanol–water partition coefficient (Wildman–Crippen LogP) is 4.12. The Morgan fingerprint density at radius 1 is 1.45 bits per heavy atom. The van der Waals surface area contributed by atoms with Crippen LogP contribution in [0.4, 0.5) is 8.78 Å². The third kappa shape index (κ3) is 5.27. The van der Waals surface area contributed by atoms with Crippen LogP contribution in [0, 0.1) is 0 Å². The molecule has 0 unspecified atom stereocenters. The molecular formula is C13H16Cl2F2IN3O. The molecule has 124 valence electrons. The first-order chi connectivity index (χ1) is 9.88. The van der Waals surface area contributed by atoms with Crippen molar-refractivity contribution < 1.29 is 13.5 Å². The van der Waals surface area contributed by atoms with Crippen LogP contribution in [0.1, 0.15) is 18.4 Å². The maximum absolute atomic E-state index is 12.4. The Morgan fingerprint density at radius 2 is 2.09 bits per heavy atom. The highest BCUT2D eigenvalue weighted by atomic mass is 127. The monoisotopic (exact) mass is 465 g/mol. The van der Waals surface area contributed by atoms with Crippen LogP contribution in [0.2, 0.25) is 10.0 Å². The highest BCUT2D eigenvalue weighted by Crippen LogP contribution is 2.34. The standard InChI is InChI=1S/C13H15Cl2F2N3O.HI/c1-20(9-2-3-9)13(18)19-6-7-4-8(14)5-10(15)11(7)21-12(16)17;/h4-5,9,12H,2-3,6H2,1H3,(H2,18,19);1H. The van der Waals surface area contributed by atoms with Crippen molar-refractivity contribution in [3.63, 3.8) is 0 Å². The van der Waals surface area contributed by atoms with Crippen LogP contribution in [0.3, 0.4) is 0 Å². The van der Waals surface area contributed by atoms with Crippen LogP contribution >= 0.6 is 47.2 Å². The Morgan fingerprint density at radius 3 is 2.64 bits per heavy atom. The zero-order valence-electron chi connectivity index (χ0n) is 11.7. The minimum atomic E-state index is -2.97. The van der Waals surface area contributed by atoms with Gasteiger partial charge >= 0.3 is 6.61 Å². The van der Waals surface area contributed by atoms with Crippen molar-refractivity contribution in [2.24, 2.45) is 10.7 Å². The van der Waals surface area contributed by atoms with E-state index in [0.29, 0.717) is 22.6 Å². The summed E-state index contributed by atoms with van der Waals surface area (Å²) in [6, 6.07) is 3.24. The third-order valence-electron chi connectivity index (χ3n) is 3.16. The molecule has 0 aliphatic heterocycles. The highest BCUT2D eigenvalue weighted by molar-refractivity contribution is 14.0. The Labute approximate surface area is 154 Å². The summed E-state index contributed by atoms with van der Waals surface area (Å²) >= 11 is 11.8. The van der Waals surface area contributed by atoms with E-state index in [-0.39, 0.29) is 41.3 Å². The second-order valence-corrected chi connectivity index (χ2v) is 5.61. The maximum atomic E-state index is 12.4. The predicted molar refractivity (Wildman–Crippen MR) is 94.6 cm³/mol. The average molecular weight is 466 g/mol. The first-order valence-electron chi connectivity index (χ1n) is 6.34. The maximum Gasteiger partial charge on any atom is 0.387 e. The lowest BCUT2D eigenvalue weighted by atomic mass is 10.2. The van der Waals surface area contributed by atoms with Crippen LogP contribution in [0.5, 0.6) is 5.75 Å². The fourth-order valence-corrected chi connectivity index (χ4v) is 2.46. The van der Waals surface area contributed by atoms with Gasteiger partial charge in [-0.25, -0.2) is 4.99 Å². The SMILES string of the molecule is CN(C(N)=NCc1cc(Cl)cc(Cl)c1OC(F)F)C1CC1.I. The molecule has 4 nitrogen and oxygen atoms in total. The molecule has 1 aliphatic rings. The number of hydrogen-bond acceptors (Lipinski definition) is 2. The first-order valence-corrected chi connectivity index (χ1v) is 7.09.